The lowest BCUT2D eigenvalue weighted by Crippen LogP contribution is -2.23. The van der Waals surface area contributed by atoms with E-state index in [9.17, 15) is 0 Å². The van der Waals surface area contributed by atoms with Crippen LogP contribution in [0.25, 0.3) is 0 Å². The van der Waals surface area contributed by atoms with Crippen LogP contribution >= 0.6 is 35.3 Å². The van der Waals surface area contributed by atoms with E-state index < -0.39 is 0 Å². The molecule has 1 heterocycles. The third-order valence-electron chi connectivity index (χ3n) is 3.06. The molecule has 0 aliphatic heterocycles. The van der Waals surface area contributed by atoms with E-state index in [0.29, 0.717) is 18.4 Å². The maximum atomic E-state index is 5.90. The first-order valence-corrected chi connectivity index (χ1v) is 8.11. The minimum Gasteiger partial charge on any atom is -0.497 e. The van der Waals surface area contributed by atoms with E-state index in [4.69, 9.17) is 10.5 Å². The van der Waals surface area contributed by atoms with Crippen LogP contribution in [0.3, 0.4) is 0 Å². The largest absolute Gasteiger partial charge is 0.497 e. The van der Waals surface area contributed by atoms with Crippen LogP contribution in [0.1, 0.15) is 30.5 Å². The molecule has 0 bridgehead atoms. The van der Waals surface area contributed by atoms with E-state index in [0.717, 1.165) is 23.6 Å². The molecule has 2 aromatic rings. The lowest BCUT2D eigenvalue weighted by atomic mass is 10.2. The first-order valence-electron chi connectivity index (χ1n) is 7.23. The van der Waals surface area contributed by atoms with Crippen LogP contribution in [-0.2, 0) is 6.42 Å². The standard InChI is InChI=1S/C16H22N4OS.HI/c1-11(2)15-19-13(10-22-15)7-8-18-16(17)20-12-5-4-6-14(9-12)21-3;/h4-6,9-11H,7-8H2,1-3H3,(H3,17,18,20);1H. The SMILES string of the molecule is COc1cccc(NC(N)=NCCc2csc(C(C)C)n2)c1.I. The summed E-state index contributed by atoms with van der Waals surface area (Å²) >= 11 is 1.70. The number of benzene rings is 1. The number of anilines is 1. The van der Waals surface area contributed by atoms with Gasteiger partial charge in [-0.25, -0.2) is 4.98 Å². The molecule has 3 N–H and O–H groups in total. The summed E-state index contributed by atoms with van der Waals surface area (Å²) in [4.78, 5) is 8.92. The number of aromatic nitrogens is 1. The highest BCUT2D eigenvalue weighted by Gasteiger charge is 2.05. The zero-order chi connectivity index (χ0) is 15.9. The molecule has 0 aliphatic carbocycles. The zero-order valence-corrected chi connectivity index (χ0v) is 16.7. The van der Waals surface area contributed by atoms with Crippen molar-refractivity contribution in [3.8, 4) is 5.75 Å². The Hall–Kier alpha value is -1.35. The molecule has 7 heteroatoms. The van der Waals surface area contributed by atoms with E-state index >= 15 is 0 Å². The molecule has 0 radical (unpaired) electrons. The van der Waals surface area contributed by atoms with E-state index in [1.807, 2.05) is 24.3 Å². The molecule has 0 fully saturated rings. The van der Waals surface area contributed by atoms with E-state index in [2.05, 4.69) is 34.5 Å². The number of guanidine groups is 1. The molecular formula is C16H23IN4OS. The Morgan fingerprint density at radius 2 is 2.22 bits per heavy atom. The summed E-state index contributed by atoms with van der Waals surface area (Å²) in [5, 5.41) is 6.32. The van der Waals surface area contributed by atoms with Crippen LogP contribution in [0.15, 0.2) is 34.6 Å². The van der Waals surface area contributed by atoms with Gasteiger partial charge in [0.05, 0.1) is 17.8 Å². The summed E-state index contributed by atoms with van der Waals surface area (Å²) in [5.41, 5.74) is 7.83. The number of nitrogens with one attached hydrogen (secondary N) is 1. The Balaban J connectivity index is 0.00000264. The molecule has 0 amide bonds. The number of hydrogen-bond acceptors (Lipinski definition) is 4. The van der Waals surface area contributed by atoms with E-state index in [-0.39, 0.29) is 24.0 Å². The van der Waals surface area contributed by atoms with Crippen LogP contribution in [0, 0.1) is 0 Å². The fourth-order valence-electron chi connectivity index (χ4n) is 1.88. The Morgan fingerprint density at radius 3 is 2.87 bits per heavy atom. The number of aliphatic imine (C=N–C) groups is 1. The Kier molecular flexibility index (Phi) is 8.32. The van der Waals surface area contributed by atoms with Crippen molar-refractivity contribution in [1.29, 1.82) is 0 Å². The number of ether oxygens (including phenoxy) is 1. The molecule has 0 aliphatic rings. The molecule has 1 aromatic heterocycles. The second kappa shape index (κ2) is 9.71. The highest BCUT2D eigenvalue weighted by Crippen LogP contribution is 2.19. The van der Waals surface area contributed by atoms with Crippen LogP contribution in [0.4, 0.5) is 5.69 Å². The second-order valence-corrected chi connectivity index (χ2v) is 6.10. The molecule has 0 saturated heterocycles. The van der Waals surface area contributed by atoms with Crippen LogP contribution in [0.5, 0.6) is 5.75 Å². The van der Waals surface area contributed by atoms with Gasteiger partial charge in [-0.1, -0.05) is 19.9 Å². The molecule has 2 rings (SSSR count). The van der Waals surface area contributed by atoms with Gasteiger partial charge in [0.2, 0.25) is 0 Å². The van der Waals surface area contributed by atoms with Gasteiger partial charge in [0.1, 0.15) is 5.75 Å². The Bertz CT molecular complexity index is 643. The molecule has 0 saturated carbocycles. The third-order valence-corrected chi connectivity index (χ3v) is 4.25. The number of halogens is 1. The predicted molar refractivity (Wildman–Crippen MR) is 108 cm³/mol. The Labute approximate surface area is 158 Å². The summed E-state index contributed by atoms with van der Waals surface area (Å²) in [5.74, 6) is 1.65. The van der Waals surface area contributed by atoms with E-state index in [1.54, 1.807) is 18.4 Å². The molecular weight excluding hydrogens is 423 g/mol. The van der Waals surface area contributed by atoms with Gasteiger partial charge >= 0.3 is 0 Å². The summed E-state index contributed by atoms with van der Waals surface area (Å²) in [7, 11) is 1.63. The number of methoxy groups -OCH3 is 1. The summed E-state index contributed by atoms with van der Waals surface area (Å²) in [6.07, 6.45) is 0.795. The lowest BCUT2D eigenvalue weighted by molar-refractivity contribution is 0.415. The summed E-state index contributed by atoms with van der Waals surface area (Å²) in [6, 6.07) is 7.57. The first kappa shape index (κ1) is 19.7. The molecule has 1 aromatic carbocycles. The summed E-state index contributed by atoms with van der Waals surface area (Å²) < 4.78 is 5.17. The topological polar surface area (TPSA) is 72.5 Å². The van der Waals surface area contributed by atoms with Gasteiger partial charge < -0.3 is 15.8 Å². The van der Waals surface area contributed by atoms with Gasteiger partial charge in [0.15, 0.2) is 5.96 Å². The number of nitrogens with two attached hydrogens (primary N) is 1. The van der Waals surface area contributed by atoms with Gasteiger partial charge in [0, 0.05) is 36.0 Å². The molecule has 0 unspecified atom stereocenters. The monoisotopic (exact) mass is 446 g/mol. The first-order chi connectivity index (χ1) is 10.6. The van der Waals surface area contributed by atoms with Crippen molar-refractivity contribution in [2.45, 2.75) is 26.2 Å². The van der Waals surface area contributed by atoms with Gasteiger partial charge in [-0.3, -0.25) is 4.99 Å². The van der Waals surface area contributed by atoms with Crippen molar-refractivity contribution < 1.29 is 4.74 Å². The van der Waals surface area contributed by atoms with Crippen molar-refractivity contribution in [2.24, 2.45) is 10.7 Å². The van der Waals surface area contributed by atoms with E-state index in [1.165, 1.54) is 5.01 Å². The van der Waals surface area contributed by atoms with Crippen molar-refractivity contribution in [3.05, 3.63) is 40.3 Å². The molecule has 0 atom stereocenters. The van der Waals surface area contributed by atoms with Crippen LogP contribution < -0.4 is 15.8 Å². The van der Waals surface area contributed by atoms with Crippen molar-refractivity contribution in [3.63, 3.8) is 0 Å². The fourth-order valence-corrected chi connectivity index (χ4v) is 2.75. The molecule has 126 valence electrons. The predicted octanol–water partition coefficient (Wildman–Crippen LogP) is 3.86. The minimum absolute atomic E-state index is 0. The smallest absolute Gasteiger partial charge is 0.193 e. The van der Waals surface area contributed by atoms with Gasteiger partial charge in [-0.05, 0) is 12.1 Å². The minimum atomic E-state index is 0. The zero-order valence-electron chi connectivity index (χ0n) is 13.6. The highest BCUT2D eigenvalue weighted by atomic mass is 127. The van der Waals surface area contributed by atoms with Gasteiger partial charge in [-0.15, -0.1) is 35.3 Å². The number of rotatable bonds is 6. The van der Waals surface area contributed by atoms with Crippen LogP contribution in [0.2, 0.25) is 0 Å². The molecule has 5 nitrogen and oxygen atoms in total. The quantitative estimate of drug-likeness (QED) is 0.402. The second-order valence-electron chi connectivity index (χ2n) is 5.21. The number of hydrogen-bond donors (Lipinski definition) is 2. The van der Waals surface area contributed by atoms with Gasteiger partial charge in [-0.2, -0.15) is 0 Å². The number of nitrogens with zero attached hydrogens (tertiary/aromatic N) is 2. The van der Waals surface area contributed by atoms with Crippen molar-refractivity contribution >= 4 is 47.0 Å². The van der Waals surface area contributed by atoms with Crippen LogP contribution in [-0.4, -0.2) is 24.6 Å². The molecule has 0 spiro atoms. The maximum Gasteiger partial charge on any atom is 0.193 e. The average Bonchev–Trinajstić information content (AvgIpc) is 2.96. The third kappa shape index (κ3) is 6.34. The van der Waals surface area contributed by atoms with Gasteiger partial charge in [0.25, 0.3) is 0 Å². The average molecular weight is 446 g/mol. The maximum absolute atomic E-state index is 5.90. The Morgan fingerprint density at radius 1 is 1.43 bits per heavy atom. The van der Waals surface area contributed by atoms with Crippen molar-refractivity contribution in [2.75, 3.05) is 19.0 Å². The van der Waals surface area contributed by atoms with Crippen molar-refractivity contribution in [1.82, 2.24) is 4.98 Å². The summed E-state index contributed by atoms with van der Waals surface area (Å²) in [6.45, 7) is 4.91. The highest BCUT2D eigenvalue weighted by molar-refractivity contribution is 14.0. The fraction of sp³-hybridized carbons (Fsp3) is 0.375. The lowest BCUT2D eigenvalue weighted by Gasteiger charge is -2.07. The normalized spacial score (nSPS) is 11.2. The number of thiazole rings is 1. The molecule has 23 heavy (non-hydrogen) atoms.